The van der Waals surface area contributed by atoms with Gasteiger partial charge in [-0.25, -0.2) is 0 Å². The van der Waals surface area contributed by atoms with Crippen LogP contribution in [0.3, 0.4) is 0 Å². The van der Waals surface area contributed by atoms with Crippen molar-refractivity contribution in [2.45, 2.75) is 18.6 Å². The van der Waals surface area contributed by atoms with Gasteiger partial charge in [-0.1, -0.05) is 0 Å². The predicted molar refractivity (Wildman–Crippen MR) is 33.7 cm³/mol. The molecule has 13 heavy (non-hydrogen) atoms. The number of aliphatic carboxylic acids is 1. The van der Waals surface area contributed by atoms with Crippen LogP contribution in [0.15, 0.2) is 0 Å². The number of hydrogen-bond donors (Lipinski definition) is 2. The molecule has 0 aromatic carbocycles. The summed E-state index contributed by atoms with van der Waals surface area (Å²) >= 11 is 0. The van der Waals surface area contributed by atoms with E-state index in [0.29, 0.717) is 0 Å². The summed E-state index contributed by atoms with van der Waals surface area (Å²) in [6.07, 6.45) is -4.87. The Hall–Kier alpha value is -1.27. The van der Waals surface area contributed by atoms with Gasteiger partial charge >= 0.3 is 18.1 Å². The van der Waals surface area contributed by atoms with E-state index < -0.39 is 30.0 Å². The van der Waals surface area contributed by atoms with Crippen LogP contribution in [0, 0.1) is 5.92 Å². The second-order valence-corrected chi connectivity index (χ2v) is 2.76. The minimum Gasteiger partial charge on any atom is -0.481 e. The van der Waals surface area contributed by atoms with Gasteiger partial charge in [-0.2, -0.15) is 13.2 Å². The minimum atomic E-state index is -4.94. The van der Waals surface area contributed by atoms with Gasteiger partial charge in [0.15, 0.2) is 0 Å². The Bertz CT molecular complexity index is 250. The predicted octanol–water partition coefficient (Wildman–Crippen LogP) is 0.138. The largest absolute Gasteiger partial charge is 0.481 e. The molecular formula is C6H6F3NO3. The summed E-state index contributed by atoms with van der Waals surface area (Å²) in [5, 5.41) is 9.89. The van der Waals surface area contributed by atoms with Crippen molar-refractivity contribution in [3.8, 4) is 0 Å². The molecule has 0 unspecified atom stereocenters. The number of carboxylic acid groups (broad SMARTS) is 1. The van der Waals surface area contributed by atoms with Crippen molar-refractivity contribution in [3.05, 3.63) is 0 Å². The smallest absolute Gasteiger partial charge is 0.471 e. The first-order valence-corrected chi connectivity index (χ1v) is 3.43. The third-order valence-corrected chi connectivity index (χ3v) is 1.68. The van der Waals surface area contributed by atoms with Gasteiger partial charge < -0.3 is 10.4 Å². The zero-order chi connectivity index (χ0) is 10.2. The maximum Gasteiger partial charge on any atom is 0.471 e. The molecule has 1 fully saturated rings. The first-order chi connectivity index (χ1) is 5.82. The number of carbonyl (C=O) groups excluding carboxylic acids is 1. The summed E-state index contributed by atoms with van der Waals surface area (Å²) in [5.41, 5.74) is 0. The topological polar surface area (TPSA) is 66.4 Å². The first kappa shape index (κ1) is 9.82. The molecule has 1 rings (SSSR count). The molecule has 0 spiro atoms. The molecule has 1 aliphatic rings. The molecule has 1 aliphatic carbocycles. The average Bonchev–Trinajstić information content (AvgIpc) is 2.64. The van der Waals surface area contributed by atoms with Crippen molar-refractivity contribution in [2.75, 3.05) is 0 Å². The van der Waals surface area contributed by atoms with Gasteiger partial charge in [-0.3, -0.25) is 9.59 Å². The molecule has 0 aliphatic heterocycles. The van der Waals surface area contributed by atoms with E-state index in [-0.39, 0.29) is 6.42 Å². The maximum absolute atomic E-state index is 11.6. The summed E-state index contributed by atoms with van der Waals surface area (Å²) in [4.78, 5) is 20.4. The number of carboxylic acids is 1. The normalized spacial score (nSPS) is 26.7. The van der Waals surface area contributed by atoms with Gasteiger partial charge in [0.25, 0.3) is 0 Å². The van der Waals surface area contributed by atoms with Crippen molar-refractivity contribution in [1.29, 1.82) is 0 Å². The van der Waals surface area contributed by atoms with Crippen LogP contribution in [-0.4, -0.2) is 29.2 Å². The van der Waals surface area contributed by atoms with Crippen molar-refractivity contribution in [2.24, 2.45) is 5.92 Å². The Morgan fingerprint density at radius 3 is 2.23 bits per heavy atom. The molecule has 0 heterocycles. The molecule has 0 aromatic heterocycles. The molecule has 74 valence electrons. The van der Waals surface area contributed by atoms with E-state index >= 15 is 0 Å². The first-order valence-electron chi connectivity index (χ1n) is 3.43. The van der Waals surface area contributed by atoms with E-state index in [1.54, 1.807) is 5.32 Å². The van der Waals surface area contributed by atoms with E-state index in [0.717, 1.165) is 0 Å². The lowest BCUT2D eigenvalue weighted by Gasteiger charge is -2.05. The van der Waals surface area contributed by atoms with E-state index in [2.05, 4.69) is 0 Å². The van der Waals surface area contributed by atoms with Crippen LogP contribution < -0.4 is 5.32 Å². The van der Waals surface area contributed by atoms with Crippen LogP contribution in [-0.2, 0) is 9.59 Å². The number of alkyl halides is 3. The lowest BCUT2D eigenvalue weighted by Crippen LogP contribution is -2.39. The number of carbonyl (C=O) groups is 2. The third-order valence-electron chi connectivity index (χ3n) is 1.68. The molecule has 0 aromatic rings. The summed E-state index contributed by atoms with van der Waals surface area (Å²) < 4.78 is 34.8. The Labute approximate surface area is 70.7 Å². The van der Waals surface area contributed by atoms with E-state index in [9.17, 15) is 22.8 Å². The Kier molecular flexibility index (Phi) is 2.19. The molecule has 2 atom stereocenters. The number of rotatable bonds is 2. The van der Waals surface area contributed by atoms with Gasteiger partial charge in [-0.05, 0) is 6.42 Å². The van der Waals surface area contributed by atoms with Gasteiger partial charge in [0, 0.05) is 6.04 Å². The quantitative estimate of drug-likeness (QED) is 0.661. The van der Waals surface area contributed by atoms with Crippen molar-refractivity contribution in [1.82, 2.24) is 5.32 Å². The third kappa shape index (κ3) is 2.33. The zero-order valence-electron chi connectivity index (χ0n) is 6.26. The van der Waals surface area contributed by atoms with Gasteiger partial charge in [0.05, 0.1) is 5.92 Å². The van der Waals surface area contributed by atoms with E-state index in [1.807, 2.05) is 0 Å². The molecular weight excluding hydrogens is 191 g/mol. The Morgan fingerprint density at radius 1 is 1.38 bits per heavy atom. The molecule has 2 N–H and O–H groups in total. The fourth-order valence-corrected chi connectivity index (χ4v) is 0.878. The minimum absolute atomic E-state index is 0.0666. The van der Waals surface area contributed by atoms with Crippen molar-refractivity contribution < 1.29 is 27.9 Å². The highest BCUT2D eigenvalue weighted by atomic mass is 19.4. The van der Waals surface area contributed by atoms with Crippen LogP contribution in [0.5, 0.6) is 0 Å². The maximum atomic E-state index is 11.6. The van der Waals surface area contributed by atoms with Gasteiger partial charge in [-0.15, -0.1) is 0 Å². The Morgan fingerprint density at radius 2 is 1.92 bits per heavy atom. The average molecular weight is 197 g/mol. The standard InChI is InChI=1S/C6H6F3NO3/c7-6(8,9)5(13)10-3-1-2(3)4(11)12/h2-3H,1H2,(H,10,13)(H,11,12)/t2-,3+/m1/s1. The second kappa shape index (κ2) is 2.90. The SMILES string of the molecule is O=C(O)[C@@H]1C[C@@H]1NC(=O)C(F)(F)F. The van der Waals surface area contributed by atoms with Crippen LogP contribution in [0.4, 0.5) is 13.2 Å². The molecule has 0 bridgehead atoms. The molecule has 0 saturated heterocycles. The molecule has 0 radical (unpaired) electrons. The highest BCUT2D eigenvalue weighted by Gasteiger charge is 2.48. The number of halogens is 3. The fraction of sp³-hybridized carbons (Fsp3) is 0.667. The van der Waals surface area contributed by atoms with E-state index in [4.69, 9.17) is 5.11 Å². The molecule has 4 nitrogen and oxygen atoms in total. The summed E-state index contributed by atoms with van der Waals surface area (Å²) in [7, 11) is 0. The van der Waals surface area contributed by atoms with Gasteiger partial charge in [0.2, 0.25) is 0 Å². The summed E-state index contributed by atoms with van der Waals surface area (Å²) in [6, 6.07) is -0.869. The van der Waals surface area contributed by atoms with Crippen LogP contribution in [0.1, 0.15) is 6.42 Å². The lowest BCUT2D eigenvalue weighted by molar-refractivity contribution is -0.173. The lowest BCUT2D eigenvalue weighted by atomic mass is 10.4. The Balaban J connectivity index is 2.37. The zero-order valence-corrected chi connectivity index (χ0v) is 6.26. The highest BCUT2D eigenvalue weighted by molar-refractivity contribution is 5.84. The highest BCUT2D eigenvalue weighted by Crippen LogP contribution is 2.31. The van der Waals surface area contributed by atoms with Gasteiger partial charge in [0.1, 0.15) is 0 Å². The van der Waals surface area contributed by atoms with Crippen molar-refractivity contribution >= 4 is 11.9 Å². The van der Waals surface area contributed by atoms with Crippen molar-refractivity contribution in [3.63, 3.8) is 0 Å². The molecule has 7 heteroatoms. The monoisotopic (exact) mass is 197 g/mol. The number of hydrogen-bond acceptors (Lipinski definition) is 2. The molecule has 1 saturated carbocycles. The molecule has 1 amide bonds. The van der Waals surface area contributed by atoms with E-state index in [1.165, 1.54) is 0 Å². The van der Waals surface area contributed by atoms with Crippen LogP contribution >= 0.6 is 0 Å². The summed E-state index contributed by atoms with van der Waals surface area (Å²) in [5.74, 6) is -4.14. The van der Waals surface area contributed by atoms with Crippen LogP contribution in [0.2, 0.25) is 0 Å². The summed E-state index contributed by atoms with van der Waals surface area (Å²) in [6.45, 7) is 0. The second-order valence-electron chi connectivity index (χ2n) is 2.76. The fourth-order valence-electron chi connectivity index (χ4n) is 0.878. The van der Waals surface area contributed by atoms with Crippen LogP contribution in [0.25, 0.3) is 0 Å². The number of amides is 1. The number of nitrogens with one attached hydrogen (secondary N) is 1.